The Hall–Kier alpha value is -0.430. The number of hydrogen-bond donors (Lipinski definition) is 1. The van der Waals surface area contributed by atoms with Crippen LogP contribution in [0.3, 0.4) is 0 Å². The van der Waals surface area contributed by atoms with Gasteiger partial charge in [-0.1, -0.05) is 0 Å². The topological polar surface area (TPSA) is 58.5 Å². The zero-order valence-electron chi connectivity index (χ0n) is 10.7. The van der Waals surface area contributed by atoms with Crippen molar-refractivity contribution in [2.75, 3.05) is 25.6 Å². The van der Waals surface area contributed by atoms with E-state index in [2.05, 4.69) is 13.6 Å². The second-order valence-electron chi connectivity index (χ2n) is 5.22. The number of aliphatic hydroxyl groups excluding tert-OH is 1. The molecule has 0 amide bonds. The lowest BCUT2D eigenvalue weighted by molar-refractivity contribution is 0.144. The Balaban J connectivity index is 1.70. The second kappa shape index (κ2) is 5.91. The van der Waals surface area contributed by atoms with Gasteiger partial charge in [0, 0.05) is 19.0 Å². The van der Waals surface area contributed by atoms with E-state index in [1.54, 1.807) is 0 Å². The zero-order chi connectivity index (χ0) is 13.2. The molecular formula is C12H18ClN3O2S. The summed E-state index contributed by atoms with van der Waals surface area (Å²) in [4.78, 5) is 2.31. The number of aromatic nitrogens is 2. The summed E-state index contributed by atoms with van der Waals surface area (Å²) in [6.45, 7) is 2.29. The Morgan fingerprint density at radius 1 is 1.37 bits per heavy atom. The molecule has 0 saturated carbocycles. The van der Waals surface area contributed by atoms with Crippen LogP contribution in [0.5, 0.6) is 5.88 Å². The monoisotopic (exact) mass is 303 g/mol. The number of ether oxygens (including phenoxy) is 1. The smallest absolute Gasteiger partial charge is 0.250 e. The van der Waals surface area contributed by atoms with E-state index in [9.17, 15) is 5.11 Å². The van der Waals surface area contributed by atoms with E-state index < -0.39 is 0 Å². The van der Waals surface area contributed by atoms with Crippen LogP contribution in [-0.2, 0) is 0 Å². The first-order valence-corrected chi connectivity index (χ1v) is 7.99. The average Bonchev–Trinajstić information content (AvgIpc) is 2.97. The van der Waals surface area contributed by atoms with Gasteiger partial charge in [0.15, 0.2) is 0 Å². The summed E-state index contributed by atoms with van der Waals surface area (Å²) in [5.41, 5.74) is 0.937. The number of rotatable bonds is 5. The molecule has 5 nitrogen and oxygen atoms in total. The van der Waals surface area contributed by atoms with E-state index in [-0.39, 0.29) is 12.1 Å². The Labute approximate surface area is 121 Å². The summed E-state index contributed by atoms with van der Waals surface area (Å²) >= 11 is 6.85. The lowest BCUT2D eigenvalue weighted by atomic mass is 9.93. The highest BCUT2D eigenvalue weighted by molar-refractivity contribution is 6.99. The summed E-state index contributed by atoms with van der Waals surface area (Å²) in [5.74, 6) is 1.68. The molecule has 1 aromatic rings. The van der Waals surface area contributed by atoms with Crippen LogP contribution >= 0.6 is 23.3 Å². The van der Waals surface area contributed by atoms with Crippen LogP contribution in [0.25, 0.3) is 0 Å². The highest BCUT2D eigenvalue weighted by Gasteiger charge is 2.41. The first-order chi connectivity index (χ1) is 9.29. The Morgan fingerprint density at radius 3 is 3.11 bits per heavy atom. The van der Waals surface area contributed by atoms with E-state index in [0.29, 0.717) is 24.3 Å². The van der Waals surface area contributed by atoms with Crippen LogP contribution in [0.2, 0.25) is 0 Å². The molecule has 2 bridgehead atoms. The van der Waals surface area contributed by atoms with Crippen molar-refractivity contribution in [3.63, 3.8) is 0 Å². The molecule has 0 aliphatic carbocycles. The summed E-state index contributed by atoms with van der Waals surface area (Å²) in [7, 11) is 0. The normalized spacial score (nSPS) is 33.6. The molecule has 0 aromatic carbocycles. The fraction of sp³-hybridized carbons (Fsp3) is 0.833. The Bertz CT molecular complexity index is 429. The van der Waals surface area contributed by atoms with Crippen LogP contribution in [-0.4, -0.2) is 50.4 Å². The van der Waals surface area contributed by atoms with Gasteiger partial charge in [-0.05, 0) is 25.2 Å². The molecule has 106 valence electrons. The molecule has 1 aromatic heterocycles. The van der Waals surface area contributed by atoms with Crippen molar-refractivity contribution in [1.29, 1.82) is 0 Å². The van der Waals surface area contributed by atoms with Gasteiger partial charge in [-0.3, -0.25) is 4.90 Å². The van der Waals surface area contributed by atoms with Crippen molar-refractivity contribution < 1.29 is 9.84 Å². The van der Waals surface area contributed by atoms with Gasteiger partial charge in [0.1, 0.15) is 5.69 Å². The lowest BCUT2D eigenvalue weighted by Gasteiger charge is -2.30. The SMILES string of the molecule is OC1CN2CC1CCC2c1nsnc1OCCCCl. The summed E-state index contributed by atoms with van der Waals surface area (Å²) < 4.78 is 14.3. The molecule has 1 N–H and O–H groups in total. The first kappa shape index (κ1) is 13.5. The molecule has 3 rings (SSSR count). The maximum absolute atomic E-state index is 9.94. The molecule has 3 heterocycles. The number of fused-ring (bicyclic) bond motifs is 2. The van der Waals surface area contributed by atoms with Crippen molar-refractivity contribution in [3.05, 3.63) is 5.69 Å². The first-order valence-electron chi connectivity index (χ1n) is 6.73. The predicted molar refractivity (Wildman–Crippen MR) is 73.8 cm³/mol. The fourth-order valence-electron chi connectivity index (χ4n) is 3.00. The van der Waals surface area contributed by atoms with Crippen molar-refractivity contribution in [2.24, 2.45) is 5.92 Å². The minimum atomic E-state index is -0.183. The predicted octanol–water partition coefficient (Wildman–Crippen LogP) is 1.67. The molecule has 2 aliphatic heterocycles. The van der Waals surface area contributed by atoms with E-state index in [4.69, 9.17) is 16.3 Å². The highest BCUT2D eigenvalue weighted by atomic mass is 35.5. The minimum absolute atomic E-state index is 0.183. The summed E-state index contributed by atoms with van der Waals surface area (Å²) in [6, 6.07) is 0.248. The molecule has 0 radical (unpaired) electrons. The zero-order valence-corrected chi connectivity index (χ0v) is 12.2. The Kier molecular flexibility index (Phi) is 4.21. The van der Waals surface area contributed by atoms with Crippen molar-refractivity contribution in [3.8, 4) is 5.88 Å². The van der Waals surface area contributed by atoms with Gasteiger partial charge in [0.2, 0.25) is 0 Å². The van der Waals surface area contributed by atoms with Crippen LogP contribution in [0.1, 0.15) is 31.0 Å². The molecular weight excluding hydrogens is 286 g/mol. The van der Waals surface area contributed by atoms with Crippen molar-refractivity contribution in [2.45, 2.75) is 31.4 Å². The summed E-state index contributed by atoms with van der Waals surface area (Å²) in [5, 5.41) is 9.94. The van der Waals surface area contributed by atoms with E-state index >= 15 is 0 Å². The Morgan fingerprint density at radius 2 is 2.26 bits per heavy atom. The van der Waals surface area contributed by atoms with Crippen LogP contribution in [0.15, 0.2) is 0 Å². The minimum Gasteiger partial charge on any atom is -0.476 e. The number of alkyl halides is 1. The number of nitrogens with zero attached hydrogens (tertiary/aromatic N) is 3. The lowest BCUT2D eigenvalue weighted by Crippen LogP contribution is -2.31. The van der Waals surface area contributed by atoms with E-state index in [1.165, 1.54) is 11.7 Å². The van der Waals surface area contributed by atoms with Crippen LogP contribution in [0, 0.1) is 5.92 Å². The van der Waals surface area contributed by atoms with Gasteiger partial charge in [-0.2, -0.15) is 4.37 Å². The van der Waals surface area contributed by atoms with Gasteiger partial charge >= 0.3 is 0 Å². The van der Waals surface area contributed by atoms with Gasteiger partial charge < -0.3 is 9.84 Å². The third-order valence-electron chi connectivity index (χ3n) is 4.00. The molecule has 7 heteroatoms. The number of piperidine rings is 1. The van der Waals surface area contributed by atoms with E-state index in [0.717, 1.165) is 38.0 Å². The molecule has 2 fully saturated rings. The van der Waals surface area contributed by atoms with Crippen LogP contribution < -0.4 is 4.74 Å². The average molecular weight is 304 g/mol. The standard InChI is InChI=1S/C12H18ClN3O2S/c13-4-1-5-18-12-11(14-19-15-12)9-3-2-8-6-16(9)7-10(8)17/h8-10,17H,1-7H2. The number of halogens is 1. The largest absolute Gasteiger partial charge is 0.476 e. The van der Waals surface area contributed by atoms with Gasteiger partial charge in [-0.15, -0.1) is 16.0 Å². The third-order valence-corrected chi connectivity index (χ3v) is 4.79. The third kappa shape index (κ3) is 2.72. The number of hydrogen-bond acceptors (Lipinski definition) is 6. The van der Waals surface area contributed by atoms with E-state index in [1.807, 2.05) is 0 Å². The number of aliphatic hydroxyl groups is 1. The quantitative estimate of drug-likeness (QED) is 0.662. The van der Waals surface area contributed by atoms with Gasteiger partial charge in [-0.25, -0.2) is 0 Å². The fourth-order valence-corrected chi connectivity index (χ4v) is 3.66. The van der Waals surface area contributed by atoms with Crippen molar-refractivity contribution in [1.82, 2.24) is 13.6 Å². The van der Waals surface area contributed by atoms with Crippen LogP contribution in [0.4, 0.5) is 0 Å². The van der Waals surface area contributed by atoms with Gasteiger partial charge in [0.05, 0.1) is 30.5 Å². The molecule has 2 saturated heterocycles. The molecule has 2 aliphatic rings. The highest BCUT2D eigenvalue weighted by Crippen LogP contribution is 2.41. The second-order valence-corrected chi connectivity index (χ2v) is 6.13. The van der Waals surface area contributed by atoms with Crippen molar-refractivity contribution >= 4 is 23.3 Å². The maximum atomic E-state index is 9.94. The summed E-state index contributed by atoms with van der Waals surface area (Å²) in [6.07, 6.45) is 2.71. The van der Waals surface area contributed by atoms with Gasteiger partial charge in [0.25, 0.3) is 5.88 Å². The molecule has 0 spiro atoms. The maximum Gasteiger partial charge on any atom is 0.250 e. The molecule has 19 heavy (non-hydrogen) atoms. The molecule has 4 atom stereocenters. The molecule has 4 unspecified atom stereocenters.